The molecule has 1 atom stereocenters. The Kier molecular flexibility index (Phi) is 6.68. The summed E-state index contributed by atoms with van der Waals surface area (Å²) in [6.45, 7) is 3.80. The molecule has 9 heteroatoms. The summed E-state index contributed by atoms with van der Waals surface area (Å²) in [4.78, 5) is 33.1. The van der Waals surface area contributed by atoms with Crippen LogP contribution in [-0.2, 0) is 9.53 Å². The van der Waals surface area contributed by atoms with Crippen molar-refractivity contribution in [2.45, 2.75) is 19.9 Å². The third-order valence-corrected chi connectivity index (χ3v) is 8.33. The van der Waals surface area contributed by atoms with Crippen molar-refractivity contribution in [2.24, 2.45) is 4.99 Å². The van der Waals surface area contributed by atoms with Crippen molar-refractivity contribution in [1.82, 2.24) is 14.3 Å². The van der Waals surface area contributed by atoms with Crippen LogP contribution < -0.4 is 14.9 Å². The molecule has 1 aliphatic rings. The molecule has 7 nitrogen and oxygen atoms in total. The zero-order chi connectivity index (χ0) is 26.9. The van der Waals surface area contributed by atoms with Crippen LogP contribution >= 0.6 is 22.7 Å². The number of nitrogens with zero attached hydrogens (tertiary/aromatic N) is 4. The van der Waals surface area contributed by atoms with Crippen LogP contribution in [-0.4, -0.2) is 26.9 Å². The van der Waals surface area contributed by atoms with Crippen molar-refractivity contribution in [3.8, 4) is 16.9 Å². The standard InChI is InChI=1S/C30H24N4O3S2/c1-3-37-29(36)25-19(2)31-30-34(27(25)23-15-10-16-38-23)28(35)24(39-30)17-21-18-33(22-13-8-5-9-14-22)32-26(21)20-11-6-4-7-12-20/h4-18,27H,3H2,1-2H3. The first-order chi connectivity index (χ1) is 19.0. The maximum absolute atomic E-state index is 14.0. The van der Waals surface area contributed by atoms with Gasteiger partial charge in [-0.2, -0.15) is 5.10 Å². The summed E-state index contributed by atoms with van der Waals surface area (Å²) in [5, 5.41) is 6.81. The summed E-state index contributed by atoms with van der Waals surface area (Å²) in [6, 6.07) is 23.0. The van der Waals surface area contributed by atoms with E-state index in [4.69, 9.17) is 9.84 Å². The molecule has 0 fully saturated rings. The molecular formula is C30H24N4O3S2. The van der Waals surface area contributed by atoms with E-state index in [0.29, 0.717) is 20.6 Å². The fourth-order valence-corrected chi connectivity index (χ4v) is 6.54. The zero-order valence-corrected chi connectivity index (χ0v) is 22.9. The number of carbonyl (C=O) groups excluding carboxylic acids is 1. The molecule has 39 heavy (non-hydrogen) atoms. The molecule has 0 amide bonds. The van der Waals surface area contributed by atoms with Gasteiger partial charge in [0.1, 0.15) is 6.04 Å². The van der Waals surface area contributed by atoms with E-state index in [1.165, 1.54) is 22.7 Å². The summed E-state index contributed by atoms with van der Waals surface area (Å²) < 4.78 is 9.31. The quantitative estimate of drug-likeness (QED) is 0.286. The van der Waals surface area contributed by atoms with Gasteiger partial charge in [-0.05, 0) is 43.5 Å². The molecule has 1 aliphatic heterocycles. The Labute approximate surface area is 232 Å². The Balaban J connectivity index is 1.55. The van der Waals surface area contributed by atoms with Crippen LogP contribution in [0.3, 0.4) is 0 Å². The second kappa shape index (κ2) is 10.4. The van der Waals surface area contributed by atoms with Crippen LogP contribution in [0.2, 0.25) is 0 Å². The molecule has 0 aliphatic carbocycles. The average Bonchev–Trinajstić information content (AvgIpc) is 3.70. The Morgan fingerprint density at radius 3 is 2.49 bits per heavy atom. The summed E-state index contributed by atoms with van der Waals surface area (Å²) in [6.07, 6.45) is 3.80. The van der Waals surface area contributed by atoms with E-state index in [2.05, 4.69) is 4.99 Å². The van der Waals surface area contributed by atoms with Crippen LogP contribution in [0.25, 0.3) is 23.0 Å². The lowest BCUT2D eigenvalue weighted by Crippen LogP contribution is -2.39. The van der Waals surface area contributed by atoms with Crippen molar-refractivity contribution in [1.29, 1.82) is 0 Å². The van der Waals surface area contributed by atoms with Gasteiger partial charge in [0.05, 0.1) is 33.8 Å². The van der Waals surface area contributed by atoms with E-state index in [1.54, 1.807) is 18.4 Å². The van der Waals surface area contributed by atoms with Gasteiger partial charge in [-0.1, -0.05) is 65.9 Å². The SMILES string of the molecule is CCOC(=O)C1=C(C)N=c2sc(=Cc3cn(-c4ccccc4)nc3-c3ccccc3)c(=O)n2C1c1cccs1. The molecule has 0 radical (unpaired) electrons. The summed E-state index contributed by atoms with van der Waals surface area (Å²) in [5.74, 6) is -0.457. The lowest BCUT2D eigenvalue weighted by Gasteiger charge is -2.23. The minimum atomic E-state index is -0.594. The van der Waals surface area contributed by atoms with Crippen molar-refractivity contribution in [2.75, 3.05) is 6.61 Å². The molecule has 0 spiro atoms. The highest BCUT2D eigenvalue weighted by Gasteiger charge is 2.34. The van der Waals surface area contributed by atoms with Crippen molar-refractivity contribution in [3.05, 3.63) is 126 Å². The summed E-state index contributed by atoms with van der Waals surface area (Å²) in [7, 11) is 0. The van der Waals surface area contributed by atoms with E-state index >= 15 is 0 Å². The number of allylic oxidation sites excluding steroid dienone is 1. The molecule has 5 aromatic rings. The second-order valence-electron chi connectivity index (χ2n) is 8.90. The van der Waals surface area contributed by atoms with Crippen LogP contribution in [0.1, 0.15) is 30.3 Å². The van der Waals surface area contributed by atoms with Crippen LogP contribution in [0.15, 0.2) is 105 Å². The van der Waals surface area contributed by atoms with Crippen LogP contribution in [0.5, 0.6) is 0 Å². The number of thiophene rings is 1. The molecule has 0 bridgehead atoms. The number of hydrogen-bond donors (Lipinski definition) is 0. The number of ether oxygens (including phenoxy) is 1. The number of para-hydroxylation sites is 1. The fraction of sp³-hybridized carbons (Fsp3) is 0.133. The topological polar surface area (TPSA) is 78.5 Å². The van der Waals surface area contributed by atoms with Crippen molar-refractivity contribution >= 4 is 34.7 Å². The first kappa shape index (κ1) is 25.0. The first-order valence-electron chi connectivity index (χ1n) is 12.5. The summed E-state index contributed by atoms with van der Waals surface area (Å²) >= 11 is 2.80. The monoisotopic (exact) mass is 552 g/mol. The third kappa shape index (κ3) is 4.60. The Morgan fingerprint density at radius 1 is 1.05 bits per heavy atom. The minimum absolute atomic E-state index is 0.210. The van der Waals surface area contributed by atoms with Gasteiger partial charge in [0.2, 0.25) is 0 Å². The highest BCUT2D eigenvalue weighted by Crippen LogP contribution is 2.33. The van der Waals surface area contributed by atoms with Gasteiger partial charge in [0.15, 0.2) is 4.80 Å². The lowest BCUT2D eigenvalue weighted by atomic mass is 10.0. The van der Waals surface area contributed by atoms with Gasteiger partial charge in [-0.25, -0.2) is 14.5 Å². The normalized spacial score (nSPS) is 15.2. The Bertz CT molecular complexity index is 1870. The van der Waals surface area contributed by atoms with Gasteiger partial charge in [0, 0.05) is 22.2 Å². The van der Waals surface area contributed by atoms with Crippen LogP contribution in [0, 0.1) is 0 Å². The molecule has 6 rings (SSSR count). The van der Waals surface area contributed by atoms with E-state index in [0.717, 1.165) is 27.4 Å². The lowest BCUT2D eigenvalue weighted by molar-refractivity contribution is -0.139. The van der Waals surface area contributed by atoms with Gasteiger partial charge in [-0.15, -0.1) is 11.3 Å². The first-order valence-corrected chi connectivity index (χ1v) is 14.2. The Hall–Kier alpha value is -4.34. The number of benzene rings is 2. The fourth-order valence-electron chi connectivity index (χ4n) is 4.68. The van der Waals surface area contributed by atoms with E-state index in [1.807, 2.05) is 95.1 Å². The molecule has 194 valence electrons. The Morgan fingerprint density at radius 2 is 1.79 bits per heavy atom. The smallest absolute Gasteiger partial charge is 0.338 e. The number of hydrogen-bond acceptors (Lipinski definition) is 7. The number of thiazole rings is 1. The highest BCUT2D eigenvalue weighted by atomic mass is 32.1. The predicted molar refractivity (Wildman–Crippen MR) is 154 cm³/mol. The molecule has 0 saturated carbocycles. The second-order valence-corrected chi connectivity index (χ2v) is 10.9. The van der Waals surface area contributed by atoms with Crippen molar-refractivity contribution in [3.63, 3.8) is 0 Å². The van der Waals surface area contributed by atoms with Crippen LogP contribution in [0.4, 0.5) is 0 Å². The van der Waals surface area contributed by atoms with E-state index in [9.17, 15) is 9.59 Å². The van der Waals surface area contributed by atoms with E-state index < -0.39 is 12.0 Å². The number of carbonyl (C=O) groups is 1. The zero-order valence-electron chi connectivity index (χ0n) is 21.3. The van der Waals surface area contributed by atoms with Gasteiger partial charge in [-0.3, -0.25) is 9.36 Å². The maximum atomic E-state index is 14.0. The molecule has 0 N–H and O–H groups in total. The number of rotatable bonds is 6. The van der Waals surface area contributed by atoms with Gasteiger partial charge >= 0.3 is 5.97 Å². The maximum Gasteiger partial charge on any atom is 0.338 e. The molecular weight excluding hydrogens is 528 g/mol. The average molecular weight is 553 g/mol. The highest BCUT2D eigenvalue weighted by molar-refractivity contribution is 7.10. The minimum Gasteiger partial charge on any atom is -0.463 e. The number of esters is 1. The summed E-state index contributed by atoms with van der Waals surface area (Å²) in [5.41, 5.74) is 4.18. The number of fused-ring (bicyclic) bond motifs is 1. The largest absolute Gasteiger partial charge is 0.463 e. The van der Waals surface area contributed by atoms with E-state index in [-0.39, 0.29) is 12.2 Å². The van der Waals surface area contributed by atoms with Crippen molar-refractivity contribution < 1.29 is 9.53 Å². The van der Waals surface area contributed by atoms with Gasteiger partial charge < -0.3 is 4.74 Å². The third-order valence-electron chi connectivity index (χ3n) is 6.43. The molecule has 0 saturated heterocycles. The number of aromatic nitrogens is 3. The molecule has 1 unspecified atom stereocenters. The predicted octanol–water partition coefficient (Wildman–Crippen LogP) is 4.71. The molecule has 3 aromatic heterocycles. The molecule has 4 heterocycles. The molecule has 2 aromatic carbocycles. The van der Waals surface area contributed by atoms with Gasteiger partial charge in [0.25, 0.3) is 5.56 Å².